The Kier molecular flexibility index (Phi) is 12.9. The fraction of sp³-hybridized carbons (Fsp3) is 0.400. The van der Waals surface area contributed by atoms with Gasteiger partial charge in [0.2, 0.25) is 0 Å². The standard InChI is InChI=1S/C10H10F4O.C7H6BrF.C3H5F3O/c1-7(10(12,13)14)15-6-8-3-2-4-9(11)5-8;8-5-6-2-1-3-7(9)4-6;1-2(7)3(4,5)6/h2-5,7H,6H2,1H3;1-4H,5H2;2,7H,1H3/t7-;;2-/m1.1/s1. The van der Waals surface area contributed by atoms with Crippen LogP contribution in [0.15, 0.2) is 48.5 Å². The average Bonchev–Trinajstić information content (AvgIpc) is 2.65. The lowest BCUT2D eigenvalue weighted by Crippen LogP contribution is -2.28. The van der Waals surface area contributed by atoms with Crippen LogP contribution in [0.25, 0.3) is 0 Å². The average molecular weight is 525 g/mol. The van der Waals surface area contributed by atoms with E-state index in [0.29, 0.717) is 17.8 Å². The summed E-state index contributed by atoms with van der Waals surface area (Å²) < 4.78 is 98.4. The lowest BCUT2D eigenvalue weighted by Gasteiger charge is -2.16. The molecule has 0 bridgehead atoms. The van der Waals surface area contributed by atoms with Gasteiger partial charge in [0.15, 0.2) is 6.10 Å². The Morgan fingerprint density at radius 2 is 1.26 bits per heavy atom. The van der Waals surface area contributed by atoms with E-state index in [1.54, 1.807) is 6.07 Å². The second kappa shape index (κ2) is 13.6. The van der Waals surface area contributed by atoms with Gasteiger partial charge in [-0.05, 0) is 49.2 Å². The molecule has 2 rings (SSSR count). The molecule has 0 aliphatic carbocycles. The topological polar surface area (TPSA) is 29.5 Å². The fourth-order valence-electron chi connectivity index (χ4n) is 1.56. The van der Waals surface area contributed by atoms with Gasteiger partial charge in [-0.15, -0.1) is 0 Å². The molecule has 0 amide bonds. The van der Waals surface area contributed by atoms with Gasteiger partial charge in [-0.1, -0.05) is 40.2 Å². The molecule has 176 valence electrons. The van der Waals surface area contributed by atoms with Gasteiger partial charge in [0, 0.05) is 5.33 Å². The predicted octanol–water partition coefficient (Wildman–Crippen LogP) is 6.94. The zero-order valence-electron chi connectivity index (χ0n) is 16.4. The summed E-state index contributed by atoms with van der Waals surface area (Å²) in [6.45, 7) is 1.34. The summed E-state index contributed by atoms with van der Waals surface area (Å²) in [4.78, 5) is 0. The van der Waals surface area contributed by atoms with E-state index in [-0.39, 0.29) is 12.4 Å². The molecule has 0 saturated carbocycles. The lowest BCUT2D eigenvalue weighted by molar-refractivity contribution is -0.217. The molecule has 0 aliphatic rings. The summed E-state index contributed by atoms with van der Waals surface area (Å²) in [5.41, 5.74) is 1.35. The second-order valence-corrected chi connectivity index (χ2v) is 6.67. The van der Waals surface area contributed by atoms with Crippen molar-refractivity contribution >= 4 is 15.9 Å². The Bertz CT molecular complexity index is 763. The van der Waals surface area contributed by atoms with E-state index in [0.717, 1.165) is 18.6 Å². The molecule has 0 aromatic heterocycles. The van der Waals surface area contributed by atoms with Crippen LogP contribution in [-0.4, -0.2) is 29.7 Å². The van der Waals surface area contributed by atoms with Crippen LogP contribution >= 0.6 is 15.9 Å². The van der Waals surface area contributed by atoms with Gasteiger partial charge in [0.05, 0.1) is 6.61 Å². The Hall–Kier alpha value is -1.72. The van der Waals surface area contributed by atoms with Gasteiger partial charge in [0.25, 0.3) is 0 Å². The van der Waals surface area contributed by atoms with Gasteiger partial charge in [-0.2, -0.15) is 26.3 Å². The maximum absolute atomic E-state index is 12.6. The first-order chi connectivity index (χ1) is 14.2. The quantitative estimate of drug-likeness (QED) is 0.346. The highest BCUT2D eigenvalue weighted by molar-refractivity contribution is 9.08. The van der Waals surface area contributed by atoms with Crippen molar-refractivity contribution in [3.63, 3.8) is 0 Å². The van der Waals surface area contributed by atoms with E-state index in [9.17, 15) is 35.1 Å². The molecular formula is C20H21BrF8O2. The first-order valence-electron chi connectivity index (χ1n) is 8.64. The third kappa shape index (κ3) is 14.1. The Balaban J connectivity index is 0.000000479. The number of hydrogen-bond acceptors (Lipinski definition) is 2. The molecule has 0 aliphatic heterocycles. The molecule has 0 saturated heterocycles. The van der Waals surface area contributed by atoms with Crippen LogP contribution in [0.3, 0.4) is 0 Å². The number of hydrogen-bond donors (Lipinski definition) is 1. The number of ether oxygens (including phenoxy) is 1. The lowest BCUT2D eigenvalue weighted by atomic mass is 10.2. The molecular weight excluding hydrogens is 504 g/mol. The molecule has 0 radical (unpaired) electrons. The van der Waals surface area contributed by atoms with Crippen molar-refractivity contribution in [1.82, 2.24) is 0 Å². The van der Waals surface area contributed by atoms with Crippen molar-refractivity contribution in [2.75, 3.05) is 0 Å². The van der Waals surface area contributed by atoms with Crippen molar-refractivity contribution in [2.24, 2.45) is 0 Å². The minimum Gasteiger partial charge on any atom is -0.384 e. The number of halogens is 9. The second-order valence-electron chi connectivity index (χ2n) is 6.11. The summed E-state index contributed by atoms with van der Waals surface area (Å²) in [5.74, 6) is -0.664. The van der Waals surface area contributed by atoms with Gasteiger partial charge in [-0.3, -0.25) is 0 Å². The molecule has 0 fully saturated rings. The van der Waals surface area contributed by atoms with Crippen molar-refractivity contribution in [2.45, 2.75) is 50.3 Å². The third-order valence-corrected chi connectivity index (χ3v) is 4.01. The predicted molar refractivity (Wildman–Crippen MR) is 103 cm³/mol. The minimum absolute atomic E-state index is 0.174. The van der Waals surface area contributed by atoms with E-state index < -0.39 is 30.4 Å². The normalized spacial score (nSPS) is 13.3. The zero-order valence-corrected chi connectivity index (χ0v) is 18.0. The monoisotopic (exact) mass is 524 g/mol. The van der Waals surface area contributed by atoms with E-state index in [1.807, 2.05) is 6.07 Å². The van der Waals surface area contributed by atoms with Crippen LogP contribution in [0.1, 0.15) is 25.0 Å². The first-order valence-corrected chi connectivity index (χ1v) is 9.77. The van der Waals surface area contributed by atoms with E-state index >= 15 is 0 Å². The zero-order chi connectivity index (χ0) is 24.2. The van der Waals surface area contributed by atoms with Crippen LogP contribution in [0, 0.1) is 11.6 Å². The minimum atomic E-state index is -4.44. The van der Waals surface area contributed by atoms with Gasteiger partial charge >= 0.3 is 12.4 Å². The summed E-state index contributed by atoms with van der Waals surface area (Å²) in [7, 11) is 0. The van der Waals surface area contributed by atoms with Crippen LogP contribution in [0.5, 0.6) is 0 Å². The molecule has 0 unspecified atom stereocenters. The summed E-state index contributed by atoms with van der Waals surface area (Å²) >= 11 is 3.22. The summed E-state index contributed by atoms with van der Waals surface area (Å²) in [6.07, 6.45) is -12.9. The van der Waals surface area contributed by atoms with Crippen LogP contribution < -0.4 is 0 Å². The third-order valence-electron chi connectivity index (χ3n) is 3.37. The molecule has 31 heavy (non-hydrogen) atoms. The van der Waals surface area contributed by atoms with E-state index in [1.165, 1.54) is 30.3 Å². The smallest absolute Gasteiger partial charge is 0.384 e. The van der Waals surface area contributed by atoms with E-state index in [4.69, 9.17) is 5.11 Å². The molecule has 0 spiro atoms. The highest BCUT2D eigenvalue weighted by Gasteiger charge is 2.36. The van der Waals surface area contributed by atoms with E-state index in [2.05, 4.69) is 20.7 Å². The first kappa shape index (κ1) is 29.3. The fourth-order valence-corrected chi connectivity index (χ4v) is 1.91. The number of alkyl halides is 7. The van der Waals surface area contributed by atoms with Crippen molar-refractivity contribution in [1.29, 1.82) is 0 Å². The molecule has 1 N–H and O–H groups in total. The Labute approximate surface area is 183 Å². The Morgan fingerprint density at radius 3 is 1.58 bits per heavy atom. The molecule has 0 heterocycles. The summed E-state index contributed by atoms with van der Waals surface area (Å²) in [6, 6.07) is 11.8. The maximum atomic E-state index is 12.6. The van der Waals surface area contributed by atoms with Crippen molar-refractivity contribution in [3.05, 3.63) is 71.3 Å². The van der Waals surface area contributed by atoms with Gasteiger partial charge in [-0.25, -0.2) is 8.78 Å². The number of rotatable bonds is 4. The van der Waals surface area contributed by atoms with Gasteiger partial charge in [0.1, 0.15) is 17.7 Å². The molecule has 11 heteroatoms. The van der Waals surface area contributed by atoms with Crippen molar-refractivity contribution < 1.29 is 45.0 Å². The summed E-state index contributed by atoms with van der Waals surface area (Å²) in [5, 5.41) is 8.48. The van der Waals surface area contributed by atoms with Crippen LogP contribution in [-0.2, 0) is 16.7 Å². The number of aliphatic hydroxyl groups is 1. The molecule has 2 nitrogen and oxygen atoms in total. The molecule has 2 aromatic carbocycles. The highest BCUT2D eigenvalue weighted by Crippen LogP contribution is 2.23. The highest BCUT2D eigenvalue weighted by atomic mass is 79.9. The van der Waals surface area contributed by atoms with Crippen LogP contribution in [0.2, 0.25) is 0 Å². The van der Waals surface area contributed by atoms with Crippen LogP contribution in [0.4, 0.5) is 35.1 Å². The SMILES string of the molecule is C[C@@H](O)C(F)(F)F.C[C@@H](OCc1cccc(F)c1)C(F)(F)F.Fc1cccc(CBr)c1. The van der Waals surface area contributed by atoms with Gasteiger partial charge < -0.3 is 9.84 Å². The molecule has 2 atom stereocenters. The molecule has 2 aromatic rings. The number of aliphatic hydroxyl groups excluding tert-OH is 1. The number of benzene rings is 2. The Morgan fingerprint density at radius 1 is 0.839 bits per heavy atom. The largest absolute Gasteiger partial charge is 0.414 e. The van der Waals surface area contributed by atoms with Crippen molar-refractivity contribution in [3.8, 4) is 0 Å². The maximum Gasteiger partial charge on any atom is 0.414 e.